The van der Waals surface area contributed by atoms with Crippen molar-refractivity contribution in [3.63, 3.8) is 0 Å². The molecule has 1 amide bonds. The van der Waals surface area contributed by atoms with Crippen LogP contribution in [0.25, 0.3) is 5.69 Å². The van der Waals surface area contributed by atoms with Crippen LogP contribution in [0, 0.1) is 6.92 Å². The van der Waals surface area contributed by atoms with E-state index in [0.717, 1.165) is 47.3 Å². The number of nitrogens with zero attached hydrogens (tertiary/aromatic N) is 3. The molecule has 5 rings (SSSR count). The fourth-order valence-corrected chi connectivity index (χ4v) is 5.12. The van der Waals surface area contributed by atoms with Crippen LogP contribution >= 0.6 is 11.8 Å². The Balaban J connectivity index is 1.28. The van der Waals surface area contributed by atoms with Gasteiger partial charge in [-0.2, -0.15) is 0 Å². The van der Waals surface area contributed by atoms with Crippen LogP contribution in [0.1, 0.15) is 30.0 Å². The van der Waals surface area contributed by atoms with Gasteiger partial charge in [-0.05, 0) is 55.2 Å². The lowest BCUT2D eigenvalue weighted by Crippen LogP contribution is -2.32. The lowest BCUT2D eigenvalue weighted by Gasteiger charge is -2.26. The maximum atomic E-state index is 13.1. The Morgan fingerprint density at radius 2 is 2.03 bits per heavy atom. The minimum atomic E-state index is 0.0837. The summed E-state index contributed by atoms with van der Waals surface area (Å²) in [6, 6.07) is 14.4. The van der Waals surface area contributed by atoms with E-state index in [1.54, 1.807) is 6.20 Å². The van der Waals surface area contributed by atoms with Gasteiger partial charge in [-0.3, -0.25) is 9.36 Å². The molecule has 1 fully saturated rings. The summed E-state index contributed by atoms with van der Waals surface area (Å²) in [5, 5.41) is 0.828. The Morgan fingerprint density at radius 3 is 2.90 bits per heavy atom. The highest BCUT2D eigenvalue weighted by atomic mass is 32.2. The molecule has 2 aliphatic rings. The number of carbonyl (C=O) groups is 1. The third-order valence-electron chi connectivity index (χ3n) is 5.74. The van der Waals surface area contributed by atoms with Gasteiger partial charge in [0.05, 0.1) is 11.8 Å². The van der Waals surface area contributed by atoms with Crippen molar-refractivity contribution in [1.29, 1.82) is 0 Å². The van der Waals surface area contributed by atoms with Crippen molar-refractivity contribution < 1.29 is 14.3 Å². The van der Waals surface area contributed by atoms with Crippen molar-refractivity contribution in [3.05, 3.63) is 66.0 Å². The van der Waals surface area contributed by atoms with E-state index in [1.807, 2.05) is 33.9 Å². The molecular formula is C24H25N3O3S. The third-order valence-corrected chi connectivity index (χ3v) is 6.69. The molecule has 31 heavy (non-hydrogen) atoms. The molecule has 3 aromatic rings. The van der Waals surface area contributed by atoms with Crippen LogP contribution in [-0.4, -0.2) is 45.9 Å². The van der Waals surface area contributed by atoms with E-state index in [9.17, 15) is 4.79 Å². The molecule has 2 aliphatic heterocycles. The molecule has 0 radical (unpaired) electrons. The maximum absolute atomic E-state index is 13.1. The van der Waals surface area contributed by atoms with Crippen molar-refractivity contribution in [1.82, 2.24) is 14.5 Å². The molecule has 1 aromatic heterocycles. The Hall–Kier alpha value is -2.93. The number of benzene rings is 2. The molecule has 3 heterocycles. The zero-order valence-corrected chi connectivity index (χ0v) is 18.3. The number of imidazole rings is 1. The van der Waals surface area contributed by atoms with Gasteiger partial charge in [-0.1, -0.05) is 30.0 Å². The van der Waals surface area contributed by atoms with Crippen molar-refractivity contribution in [2.45, 2.75) is 31.0 Å². The Kier molecular flexibility index (Phi) is 5.59. The van der Waals surface area contributed by atoms with Gasteiger partial charge in [0.1, 0.15) is 13.2 Å². The maximum Gasteiger partial charge on any atom is 0.233 e. The second-order valence-electron chi connectivity index (χ2n) is 7.86. The van der Waals surface area contributed by atoms with Crippen LogP contribution in [0.15, 0.2) is 60.0 Å². The summed E-state index contributed by atoms with van der Waals surface area (Å²) >= 11 is 1.49. The van der Waals surface area contributed by atoms with E-state index >= 15 is 0 Å². The van der Waals surface area contributed by atoms with Gasteiger partial charge >= 0.3 is 0 Å². The molecule has 2 aromatic carbocycles. The van der Waals surface area contributed by atoms with E-state index in [-0.39, 0.29) is 11.9 Å². The number of hydrogen-bond donors (Lipinski definition) is 0. The first-order chi connectivity index (χ1) is 15.2. The zero-order valence-electron chi connectivity index (χ0n) is 17.5. The van der Waals surface area contributed by atoms with Crippen LogP contribution in [0.5, 0.6) is 11.5 Å². The van der Waals surface area contributed by atoms with E-state index in [0.29, 0.717) is 19.0 Å². The number of likely N-dealkylation sites (tertiary alicyclic amines) is 1. The van der Waals surface area contributed by atoms with Gasteiger partial charge in [0.25, 0.3) is 0 Å². The summed E-state index contributed by atoms with van der Waals surface area (Å²) in [5.41, 5.74) is 3.36. The number of rotatable bonds is 5. The van der Waals surface area contributed by atoms with E-state index in [4.69, 9.17) is 9.47 Å². The predicted octanol–water partition coefficient (Wildman–Crippen LogP) is 4.41. The van der Waals surface area contributed by atoms with Crippen LogP contribution in [0.4, 0.5) is 0 Å². The topological polar surface area (TPSA) is 56.6 Å². The first kappa shape index (κ1) is 20.0. The monoisotopic (exact) mass is 435 g/mol. The molecule has 0 aliphatic carbocycles. The lowest BCUT2D eigenvalue weighted by molar-refractivity contribution is -0.129. The van der Waals surface area contributed by atoms with Crippen LogP contribution < -0.4 is 9.47 Å². The smallest absolute Gasteiger partial charge is 0.233 e. The first-order valence-corrected chi connectivity index (χ1v) is 11.6. The fourth-order valence-electron chi connectivity index (χ4n) is 4.26. The number of aromatic nitrogens is 2. The highest BCUT2D eigenvalue weighted by Crippen LogP contribution is 2.38. The molecule has 1 saturated heterocycles. The van der Waals surface area contributed by atoms with Gasteiger partial charge in [0.15, 0.2) is 16.7 Å². The molecule has 160 valence electrons. The van der Waals surface area contributed by atoms with Crippen LogP contribution in [0.2, 0.25) is 0 Å². The lowest BCUT2D eigenvalue weighted by atomic mass is 10.0. The second-order valence-corrected chi connectivity index (χ2v) is 8.80. The number of thioether (sulfide) groups is 1. The molecule has 0 spiro atoms. The Morgan fingerprint density at radius 1 is 1.16 bits per heavy atom. The fraction of sp³-hybridized carbons (Fsp3) is 0.333. The van der Waals surface area contributed by atoms with Gasteiger partial charge in [-0.15, -0.1) is 0 Å². The van der Waals surface area contributed by atoms with Crippen molar-refractivity contribution >= 4 is 17.7 Å². The molecular weight excluding hydrogens is 410 g/mol. The van der Waals surface area contributed by atoms with Gasteiger partial charge in [0.2, 0.25) is 5.91 Å². The zero-order chi connectivity index (χ0) is 21.2. The third kappa shape index (κ3) is 4.14. The number of hydrogen-bond acceptors (Lipinski definition) is 5. The molecule has 0 bridgehead atoms. The van der Waals surface area contributed by atoms with E-state index in [1.165, 1.54) is 17.3 Å². The number of aryl methyl sites for hydroxylation is 1. The first-order valence-electron chi connectivity index (χ1n) is 10.6. The average molecular weight is 436 g/mol. The Bertz CT molecular complexity index is 1100. The Labute approximate surface area is 186 Å². The normalized spacial score (nSPS) is 17.7. The molecule has 6 nitrogen and oxygen atoms in total. The van der Waals surface area contributed by atoms with Crippen molar-refractivity contribution in [2.75, 3.05) is 25.5 Å². The number of carbonyl (C=O) groups excluding carboxylic acids is 1. The summed E-state index contributed by atoms with van der Waals surface area (Å²) in [7, 11) is 0. The second kappa shape index (κ2) is 8.67. The molecule has 0 saturated carbocycles. The average Bonchev–Trinajstić information content (AvgIpc) is 3.47. The SMILES string of the molecule is Cc1cccc(-n2ccnc2SCC(=O)N2CCC[C@H]2c2ccc3c(c2)OCCO3)c1. The summed E-state index contributed by atoms with van der Waals surface area (Å²) in [6.45, 7) is 4.00. The largest absolute Gasteiger partial charge is 0.486 e. The number of fused-ring (bicyclic) bond motifs is 1. The highest BCUT2D eigenvalue weighted by Gasteiger charge is 2.31. The molecule has 1 atom stereocenters. The molecule has 7 heteroatoms. The number of amides is 1. The van der Waals surface area contributed by atoms with Crippen molar-refractivity contribution in [2.24, 2.45) is 0 Å². The van der Waals surface area contributed by atoms with Gasteiger partial charge in [0, 0.05) is 24.6 Å². The van der Waals surface area contributed by atoms with Crippen LogP contribution in [-0.2, 0) is 4.79 Å². The predicted molar refractivity (Wildman–Crippen MR) is 120 cm³/mol. The highest BCUT2D eigenvalue weighted by molar-refractivity contribution is 7.99. The summed E-state index contributed by atoms with van der Waals surface area (Å²) < 4.78 is 13.4. The summed E-state index contributed by atoms with van der Waals surface area (Å²) in [5.74, 6) is 2.06. The minimum Gasteiger partial charge on any atom is -0.486 e. The molecule has 0 N–H and O–H groups in total. The summed E-state index contributed by atoms with van der Waals surface area (Å²) in [6.07, 6.45) is 5.69. The standard InChI is InChI=1S/C24H25N3O3S/c1-17-4-2-5-19(14-17)26-11-9-25-24(26)31-16-23(28)27-10-3-6-20(27)18-7-8-21-22(15-18)30-13-12-29-21/h2,4-5,7-9,11,14-15,20H,3,6,10,12-13,16H2,1H3/t20-/m0/s1. The quantitative estimate of drug-likeness (QED) is 0.556. The minimum absolute atomic E-state index is 0.0837. The molecule has 0 unspecified atom stereocenters. The van der Waals surface area contributed by atoms with Gasteiger partial charge < -0.3 is 14.4 Å². The number of ether oxygens (including phenoxy) is 2. The van der Waals surface area contributed by atoms with Crippen LogP contribution in [0.3, 0.4) is 0 Å². The van der Waals surface area contributed by atoms with Gasteiger partial charge in [-0.25, -0.2) is 4.98 Å². The van der Waals surface area contributed by atoms with Crippen molar-refractivity contribution in [3.8, 4) is 17.2 Å². The summed E-state index contributed by atoms with van der Waals surface area (Å²) in [4.78, 5) is 19.6. The van der Waals surface area contributed by atoms with E-state index < -0.39 is 0 Å². The van der Waals surface area contributed by atoms with E-state index in [2.05, 4.69) is 36.2 Å².